The molecule has 7 nitrogen and oxygen atoms in total. The van der Waals surface area contributed by atoms with Crippen LogP contribution in [0.2, 0.25) is 0 Å². The minimum Gasteiger partial charge on any atom is -0.444 e. The van der Waals surface area contributed by atoms with Crippen molar-refractivity contribution in [3.63, 3.8) is 0 Å². The fourth-order valence-corrected chi connectivity index (χ4v) is 1.74. The molecule has 0 saturated carbocycles. The second-order valence-corrected chi connectivity index (χ2v) is 5.19. The second-order valence-electron chi connectivity index (χ2n) is 5.19. The number of terminal acetylenes is 1. The maximum atomic E-state index is 12.1. The van der Waals surface area contributed by atoms with Gasteiger partial charge in [0, 0.05) is 4.91 Å². The Balaban J connectivity index is 2.85. The standard InChI is InChI=1S/C12H18N4O3/c1-5-6-16(11(17)19-12(2,3)4)10-8-18-7-9(10)14-15-13/h1,9-10H,6-8H2,2-4H3/t9-,10-/m1/s1. The van der Waals surface area contributed by atoms with E-state index in [-0.39, 0.29) is 25.8 Å². The van der Waals surface area contributed by atoms with Gasteiger partial charge in [0.2, 0.25) is 0 Å². The molecule has 1 amide bonds. The maximum absolute atomic E-state index is 12.1. The van der Waals surface area contributed by atoms with E-state index in [9.17, 15) is 4.79 Å². The molecule has 0 radical (unpaired) electrons. The predicted molar refractivity (Wildman–Crippen MR) is 69.3 cm³/mol. The molecule has 0 aromatic rings. The summed E-state index contributed by atoms with van der Waals surface area (Å²) in [5.41, 5.74) is 7.90. The summed E-state index contributed by atoms with van der Waals surface area (Å²) in [7, 11) is 0. The lowest BCUT2D eigenvalue weighted by atomic mass is 10.1. The minimum absolute atomic E-state index is 0.0837. The Morgan fingerprint density at radius 1 is 1.63 bits per heavy atom. The van der Waals surface area contributed by atoms with E-state index in [0.717, 1.165) is 0 Å². The first kappa shape index (κ1) is 15.2. The number of rotatable bonds is 3. The Hall–Kier alpha value is -1.90. The largest absolute Gasteiger partial charge is 0.444 e. The molecule has 1 saturated heterocycles. The Labute approximate surface area is 112 Å². The molecule has 1 rings (SSSR count). The van der Waals surface area contributed by atoms with Crippen LogP contribution in [-0.2, 0) is 9.47 Å². The van der Waals surface area contributed by atoms with Crippen molar-refractivity contribution in [1.29, 1.82) is 0 Å². The molecule has 0 aromatic heterocycles. The highest BCUT2D eigenvalue weighted by Gasteiger charge is 2.36. The molecular weight excluding hydrogens is 248 g/mol. The molecule has 7 heteroatoms. The highest BCUT2D eigenvalue weighted by atomic mass is 16.6. The molecule has 19 heavy (non-hydrogen) atoms. The smallest absolute Gasteiger partial charge is 0.411 e. The van der Waals surface area contributed by atoms with Crippen molar-refractivity contribution in [3.8, 4) is 12.3 Å². The molecular formula is C12H18N4O3. The van der Waals surface area contributed by atoms with Gasteiger partial charge in [-0.1, -0.05) is 11.0 Å². The second kappa shape index (κ2) is 6.32. The van der Waals surface area contributed by atoms with Crippen molar-refractivity contribution < 1.29 is 14.3 Å². The van der Waals surface area contributed by atoms with E-state index in [1.807, 2.05) is 0 Å². The Kier molecular flexibility index (Phi) is 5.04. The fourth-order valence-electron chi connectivity index (χ4n) is 1.74. The summed E-state index contributed by atoms with van der Waals surface area (Å²) >= 11 is 0. The van der Waals surface area contributed by atoms with Gasteiger partial charge in [-0.15, -0.1) is 6.42 Å². The highest BCUT2D eigenvalue weighted by Crippen LogP contribution is 2.19. The van der Waals surface area contributed by atoms with E-state index in [0.29, 0.717) is 0 Å². The van der Waals surface area contributed by atoms with Crippen LogP contribution in [0.15, 0.2) is 5.11 Å². The lowest BCUT2D eigenvalue weighted by molar-refractivity contribution is 0.0171. The number of hydrogen-bond acceptors (Lipinski definition) is 4. The van der Waals surface area contributed by atoms with E-state index >= 15 is 0 Å². The van der Waals surface area contributed by atoms with Crippen LogP contribution in [-0.4, -0.2) is 48.4 Å². The zero-order valence-electron chi connectivity index (χ0n) is 11.4. The summed E-state index contributed by atoms with van der Waals surface area (Å²) in [6, 6.07) is -0.826. The third-order valence-corrected chi connectivity index (χ3v) is 2.51. The van der Waals surface area contributed by atoms with Gasteiger partial charge in [0.1, 0.15) is 5.60 Å². The lowest BCUT2D eigenvalue weighted by Gasteiger charge is -2.31. The van der Waals surface area contributed by atoms with Crippen molar-refractivity contribution in [2.75, 3.05) is 19.8 Å². The molecule has 1 heterocycles. The van der Waals surface area contributed by atoms with Crippen molar-refractivity contribution in [1.82, 2.24) is 4.90 Å². The molecule has 0 aromatic carbocycles. The van der Waals surface area contributed by atoms with Crippen molar-refractivity contribution in [2.45, 2.75) is 38.5 Å². The normalized spacial score (nSPS) is 22.2. The third-order valence-electron chi connectivity index (χ3n) is 2.51. The number of hydrogen-bond donors (Lipinski definition) is 0. The topological polar surface area (TPSA) is 87.5 Å². The molecule has 0 N–H and O–H groups in total. The number of nitrogens with zero attached hydrogens (tertiary/aromatic N) is 4. The first-order valence-corrected chi connectivity index (χ1v) is 5.94. The SMILES string of the molecule is C#CCN(C(=O)OC(C)(C)C)[C@@H]1COC[C@H]1N=[N+]=[N-]. The van der Waals surface area contributed by atoms with Gasteiger partial charge in [-0.05, 0) is 26.3 Å². The molecule has 1 aliphatic rings. The van der Waals surface area contributed by atoms with Gasteiger partial charge in [-0.25, -0.2) is 4.79 Å². The number of carbonyl (C=O) groups excluding carboxylic acids is 1. The van der Waals surface area contributed by atoms with Crippen LogP contribution in [0, 0.1) is 12.3 Å². The Bertz CT molecular complexity index is 418. The summed E-state index contributed by atoms with van der Waals surface area (Å²) < 4.78 is 10.5. The maximum Gasteiger partial charge on any atom is 0.411 e. The van der Waals surface area contributed by atoms with Gasteiger partial charge in [0.25, 0.3) is 0 Å². The van der Waals surface area contributed by atoms with Gasteiger partial charge in [0.15, 0.2) is 0 Å². The predicted octanol–water partition coefficient (Wildman–Crippen LogP) is 1.93. The van der Waals surface area contributed by atoms with Gasteiger partial charge in [0.05, 0.1) is 31.8 Å². The number of carbonyl (C=O) groups is 1. The average molecular weight is 266 g/mol. The molecule has 1 aliphatic heterocycles. The van der Waals surface area contributed by atoms with Crippen LogP contribution < -0.4 is 0 Å². The molecule has 0 aliphatic carbocycles. The van der Waals surface area contributed by atoms with E-state index in [2.05, 4.69) is 15.9 Å². The zero-order chi connectivity index (χ0) is 14.5. The summed E-state index contributed by atoms with van der Waals surface area (Å²) in [5, 5.41) is 3.62. The number of amides is 1. The van der Waals surface area contributed by atoms with E-state index < -0.39 is 17.7 Å². The van der Waals surface area contributed by atoms with Crippen molar-refractivity contribution in [2.24, 2.45) is 5.11 Å². The van der Waals surface area contributed by atoms with Gasteiger partial charge in [-0.3, -0.25) is 4.90 Å². The van der Waals surface area contributed by atoms with Crippen LogP contribution in [0.5, 0.6) is 0 Å². The van der Waals surface area contributed by atoms with Crippen molar-refractivity contribution >= 4 is 6.09 Å². The lowest BCUT2D eigenvalue weighted by Crippen LogP contribution is -2.48. The summed E-state index contributed by atoms with van der Waals surface area (Å²) in [4.78, 5) is 16.2. The molecule has 0 bridgehead atoms. The molecule has 104 valence electrons. The van der Waals surface area contributed by atoms with Gasteiger partial charge >= 0.3 is 6.09 Å². The van der Waals surface area contributed by atoms with Crippen LogP contribution >= 0.6 is 0 Å². The van der Waals surface area contributed by atoms with Crippen LogP contribution in [0.1, 0.15) is 20.8 Å². The Morgan fingerprint density at radius 2 is 2.32 bits per heavy atom. The van der Waals surface area contributed by atoms with Crippen LogP contribution in [0.4, 0.5) is 4.79 Å². The highest BCUT2D eigenvalue weighted by molar-refractivity contribution is 5.69. The molecule has 0 unspecified atom stereocenters. The van der Waals surface area contributed by atoms with Crippen LogP contribution in [0.3, 0.4) is 0 Å². The number of ether oxygens (including phenoxy) is 2. The van der Waals surface area contributed by atoms with Crippen LogP contribution in [0.25, 0.3) is 10.4 Å². The van der Waals surface area contributed by atoms with E-state index in [4.69, 9.17) is 21.4 Å². The fraction of sp³-hybridized carbons (Fsp3) is 0.750. The van der Waals surface area contributed by atoms with E-state index in [1.165, 1.54) is 4.90 Å². The monoisotopic (exact) mass is 266 g/mol. The zero-order valence-corrected chi connectivity index (χ0v) is 11.4. The summed E-state index contributed by atoms with van der Waals surface area (Å²) in [5.74, 6) is 2.41. The number of azide groups is 1. The minimum atomic E-state index is -0.614. The molecule has 2 atom stereocenters. The van der Waals surface area contributed by atoms with E-state index in [1.54, 1.807) is 20.8 Å². The summed E-state index contributed by atoms with van der Waals surface area (Å²) in [6.07, 6.45) is 4.75. The molecule has 0 spiro atoms. The first-order chi connectivity index (χ1) is 8.89. The first-order valence-electron chi connectivity index (χ1n) is 5.94. The molecule has 1 fully saturated rings. The van der Waals surface area contributed by atoms with Crippen molar-refractivity contribution in [3.05, 3.63) is 10.4 Å². The van der Waals surface area contributed by atoms with Gasteiger partial charge in [-0.2, -0.15) is 0 Å². The summed E-state index contributed by atoms with van der Waals surface area (Å²) in [6.45, 7) is 5.96. The third kappa shape index (κ3) is 4.36. The quantitative estimate of drug-likeness (QED) is 0.338. The average Bonchev–Trinajstić information content (AvgIpc) is 2.72. The van der Waals surface area contributed by atoms with Gasteiger partial charge < -0.3 is 9.47 Å². The Morgan fingerprint density at radius 3 is 2.84 bits per heavy atom.